The Balaban J connectivity index is 2.00. The Labute approximate surface area is 121 Å². The van der Waals surface area contributed by atoms with Gasteiger partial charge in [0.2, 0.25) is 0 Å². The summed E-state index contributed by atoms with van der Waals surface area (Å²) in [6, 6.07) is 22.7. The van der Waals surface area contributed by atoms with Gasteiger partial charge in [0.15, 0.2) is 0 Å². The van der Waals surface area contributed by atoms with Gasteiger partial charge in [0, 0.05) is 32.4 Å². The van der Waals surface area contributed by atoms with Crippen molar-refractivity contribution in [1.82, 2.24) is 4.98 Å². The van der Waals surface area contributed by atoms with Crippen LogP contribution in [0.3, 0.4) is 0 Å². The lowest BCUT2D eigenvalue weighted by molar-refractivity contribution is 1.54. The molecule has 1 aromatic heterocycles. The first-order chi connectivity index (χ1) is 9.83. The van der Waals surface area contributed by atoms with E-state index in [-0.39, 0.29) is 0 Å². The molecule has 0 unspecified atom stereocenters. The fourth-order valence-corrected chi connectivity index (χ4v) is 2.96. The molecule has 20 heavy (non-hydrogen) atoms. The number of fused-ring (bicyclic) bond motifs is 3. The fourth-order valence-electron chi connectivity index (χ4n) is 2.72. The second kappa shape index (κ2) is 4.39. The first-order valence-electron chi connectivity index (χ1n) is 6.58. The Kier molecular flexibility index (Phi) is 2.54. The molecule has 3 aromatic carbocycles. The molecule has 1 N–H and O–H groups in total. The normalized spacial score (nSPS) is 11.2. The summed E-state index contributed by atoms with van der Waals surface area (Å²) < 4.78 is 0. The lowest BCUT2D eigenvalue weighted by Gasteiger charge is -2.04. The van der Waals surface area contributed by atoms with Crippen molar-refractivity contribution in [2.45, 2.75) is 0 Å². The number of rotatable bonds is 1. The van der Waals surface area contributed by atoms with E-state index in [4.69, 9.17) is 11.6 Å². The highest BCUT2D eigenvalue weighted by Crippen LogP contribution is 2.32. The quantitative estimate of drug-likeness (QED) is 0.463. The summed E-state index contributed by atoms with van der Waals surface area (Å²) in [5.74, 6) is 0. The van der Waals surface area contributed by atoms with Crippen molar-refractivity contribution in [2.75, 3.05) is 0 Å². The van der Waals surface area contributed by atoms with E-state index in [1.807, 2.05) is 30.3 Å². The van der Waals surface area contributed by atoms with Gasteiger partial charge in [-0.15, -0.1) is 0 Å². The van der Waals surface area contributed by atoms with E-state index in [1.54, 1.807) is 0 Å². The number of aromatic amines is 1. The van der Waals surface area contributed by atoms with Crippen LogP contribution in [0.25, 0.3) is 32.9 Å². The largest absolute Gasteiger partial charge is 0.354 e. The molecular weight excluding hydrogens is 266 g/mol. The molecule has 1 nitrogen and oxygen atoms in total. The number of para-hydroxylation sites is 1. The Morgan fingerprint density at radius 2 is 1.45 bits per heavy atom. The van der Waals surface area contributed by atoms with Gasteiger partial charge in [-0.25, -0.2) is 0 Å². The first kappa shape index (κ1) is 11.6. The summed E-state index contributed by atoms with van der Waals surface area (Å²) >= 11 is 6.28. The van der Waals surface area contributed by atoms with E-state index in [0.29, 0.717) is 0 Å². The SMILES string of the molecule is Clc1ccccc1-c1ccc2c(c1)[nH]c1ccccc12. The van der Waals surface area contributed by atoms with Gasteiger partial charge >= 0.3 is 0 Å². The Morgan fingerprint density at radius 3 is 2.35 bits per heavy atom. The van der Waals surface area contributed by atoms with Gasteiger partial charge in [0.1, 0.15) is 0 Å². The Bertz CT molecular complexity index is 921. The number of hydrogen-bond acceptors (Lipinski definition) is 0. The molecular formula is C18H12ClN. The molecule has 0 amide bonds. The van der Waals surface area contributed by atoms with Crippen LogP contribution in [0.2, 0.25) is 5.02 Å². The van der Waals surface area contributed by atoms with Gasteiger partial charge in [-0.3, -0.25) is 0 Å². The van der Waals surface area contributed by atoms with Gasteiger partial charge in [0.05, 0.1) is 0 Å². The number of H-pyrrole nitrogens is 1. The van der Waals surface area contributed by atoms with Crippen LogP contribution in [0, 0.1) is 0 Å². The maximum absolute atomic E-state index is 6.28. The lowest BCUT2D eigenvalue weighted by atomic mass is 10.0. The van der Waals surface area contributed by atoms with Crippen LogP contribution in [-0.2, 0) is 0 Å². The molecule has 2 heteroatoms. The highest BCUT2D eigenvalue weighted by Gasteiger charge is 2.07. The Hall–Kier alpha value is -2.25. The van der Waals surface area contributed by atoms with E-state index >= 15 is 0 Å². The van der Waals surface area contributed by atoms with Crippen molar-refractivity contribution in [3.8, 4) is 11.1 Å². The Morgan fingerprint density at radius 1 is 0.700 bits per heavy atom. The molecule has 0 spiro atoms. The zero-order valence-corrected chi connectivity index (χ0v) is 11.5. The first-order valence-corrected chi connectivity index (χ1v) is 6.96. The maximum Gasteiger partial charge on any atom is 0.0484 e. The third kappa shape index (κ3) is 1.71. The predicted octanol–water partition coefficient (Wildman–Crippen LogP) is 5.64. The molecule has 96 valence electrons. The summed E-state index contributed by atoms with van der Waals surface area (Å²) in [5, 5.41) is 3.28. The van der Waals surface area contributed by atoms with Crippen molar-refractivity contribution >= 4 is 33.4 Å². The standard InChI is InChI=1S/C18H12ClN/c19-16-7-3-1-5-13(16)12-9-10-15-14-6-2-4-8-17(14)20-18(15)11-12/h1-11,20H. The molecule has 0 saturated heterocycles. The van der Waals surface area contributed by atoms with Crippen LogP contribution in [0.1, 0.15) is 0 Å². The highest BCUT2D eigenvalue weighted by molar-refractivity contribution is 6.33. The van der Waals surface area contributed by atoms with Crippen molar-refractivity contribution < 1.29 is 0 Å². The van der Waals surface area contributed by atoms with Crippen molar-refractivity contribution in [3.63, 3.8) is 0 Å². The summed E-state index contributed by atoms with van der Waals surface area (Å²) in [6.07, 6.45) is 0. The molecule has 1 heterocycles. The monoisotopic (exact) mass is 277 g/mol. The van der Waals surface area contributed by atoms with Crippen molar-refractivity contribution in [2.24, 2.45) is 0 Å². The molecule has 0 aliphatic carbocycles. The number of nitrogens with one attached hydrogen (secondary N) is 1. The van der Waals surface area contributed by atoms with Crippen molar-refractivity contribution in [3.05, 3.63) is 71.8 Å². The lowest BCUT2D eigenvalue weighted by Crippen LogP contribution is -1.79. The minimum atomic E-state index is 0.781. The second-order valence-corrected chi connectivity index (χ2v) is 5.32. The van der Waals surface area contributed by atoms with Gasteiger partial charge < -0.3 is 4.98 Å². The van der Waals surface area contributed by atoms with E-state index in [9.17, 15) is 0 Å². The smallest absolute Gasteiger partial charge is 0.0484 e. The summed E-state index contributed by atoms with van der Waals surface area (Å²) in [7, 11) is 0. The van der Waals surface area contributed by atoms with Crippen LogP contribution >= 0.6 is 11.6 Å². The minimum absolute atomic E-state index is 0.781. The van der Waals surface area contributed by atoms with Gasteiger partial charge in [-0.2, -0.15) is 0 Å². The third-order valence-corrected chi connectivity index (χ3v) is 4.02. The molecule has 0 saturated carbocycles. The number of hydrogen-bond donors (Lipinski definition) is 1. The molecule has 0 aliphatic heterocycles. The van der Waals surface area contributed by atoms with Crippen LogP contribution in [0.4, 0.5) is 0 Å². The van der Waals surface area contributed by atoms with Gasteiger partial charge in [-0.05, 0) is 23.8 Å². The van der Waals surface area contributed by atoms with E-state index in [1.165, 1.54) is 16.3 Å². The zero-order valence-electron chi connectivity index (χ0n) is 10.7. The average Bonchev–Trinajstić information content (AvgIpc) is 2.85. The molecule has 0 radical (unpaired) electrons. The summed E-state index contributed by atoms with van der Waals surface area (Å²) in [6.45, 7) is 0. The molecule has 4 rings (SSSR count). The topological polar surface area (TPSA) is 15.8 Å². The van der Waals surface area contributed by atoms with Crippen LogP contribution in [0.5, 0.6) is 0 Å². The minimum Gasteiger partial charge on any atom is -0.354 e. The maximum atomic E-state index is 6.28. The molecule has 0 bridgehead atoms. The van der Waals surface area contributed by atoms with Gasteiger partial charge in [-0.1, -0.05) is 60.1 Å². The molecule has 0 fully saturated rings. The molecule has 0 atom stereocenters. The number of halogens is 1. The van der Waals surface area contributed by atoms with Gasteiger partial charge in [0.25, 0.3) is 0 Å². The average molecular weight is 278 g/mol. The molecule has 0 aliphatic rings. The summed E-state index contributed by atoms with van der Waals surface area (Å²) in [5.41, 5.74) is 4.51. The van der Waals surface area contributed by atoms with Crippen molar-refractivity contribution in [1.29, 1.82) is 0 Å². The number of aromatic nitrogens is 1. The van der Waals surface area contributed by atoms with Crippen LogP contribution in [0.15, 0.2) is 66.7 Å². The highest BCUT2D eigenvalue weighted by atomic mass is 35.5. The molecule has 4 aromatic rings. The fraction of sp³-hybridized carbons (Fsp3) is 0. The van der Waals surface area contributed by atoms with Crippen LogP contribution < -0.4 is 0 Å². The summed E-state index contributed by atoms with van der Waals surface area (Å²) in [4.78, 5) is 3.46. The number of benzene rings is 3. The van der Waals surface area contributed by atoms with Crippen LogP contribution in [-0.4, -0.2) is 4.98 Å². The third-order valence-electron chi connectivity index (χ3n) is 3.69. The second-order valence-electron chi connectivity index (χ2n) is 4.91. The van der Waals surface area contributed by atoms with E-state index < -0.39 is 0 Å². The van der Waals surface area contributed by atoms with E-state index in [0.717, 1.165) is 21.7 Å². The predicted molar refractivity (Wildman–Crippen MR) is 86.3 cm³/mol. The van der Waals surface area contributed by atoms with E-state index in [2.05, 4.69) is 41.4 Å². The zero-order chi connectivity index (χ0) is 13.5.